The maximum absolute atomic E-state index is 13.3. The Bertz CT molecular complexity index is 870. The van der Waals surface area contributed by atoms with Crippen molar-refractivity contribution in [1.82, 2.24) is 21.3 Å². The molecule has 0 bridgehead atoms. The number of aliphatic hydroxyl groups is 1. The fourth-order valence-electron chi connectivity index (χ4n) is 3.65. The van der Waals surface area contributed by atoms with Gasteiger partial charge in [0.1, 0.15) is 24.2 Å². The molecule has 0 saturated heterocycles. The molecule has 6 atom stereocenters. The van der Waals surface area contributed by atoms with E-state index >= 15 is 0 Å². The zero-order chi connectivity index (χ0) is 31.0. The summed E-state index contributed by atoms with van der Waals surface area (Å²) in [6, 6.07) is -5.94. The fraction of sp³-hybridized carbons (Fsp3) is 0.760. The summed E-state index contributed by atoms with van der Waals surface area (Å²) >= 11 is 0. The molecule has 0 radical (unpaired) electrons. The smallest absolute Gasteiger partial charge is 0.328 e. The van der Waals surface area contributed by atoms with Gasteiger partial charge in [-0.2, -0.15) is 0 Å². The number of carbonyl (C=O) groups excluding carboxylic acids is 5. The van der Waals surface area contributed by atoms with Crippen molar-refractivity contribution >= 4 is 35.5 Å². The molecule has 0 aliphatic heterocycles. The zero-order valence-electron chi connectivity index (χ0n) is 23.8. The minimum atomic E-state index is -1.55. The van der Waals surface area contributed by atoms with E-state index in [-0.39, 0.29) is 19.3 Å². The van der Waals surface area contributed by atoms with Crippen LogP contribution in [-0.2, 0) is 28.8 Å². The largest absolute Gasteiger partial charge is 0.480 e. The first-order chi connectivity index (χ1) is 18.7. The van der Waals surface area contributed by atoms with Crippen LogP contribution < -0.4 is 38.5 Å². The third kappa shape index (κ3) is 13.2. The average molecular weight is 574 g/mol. The summed E-state index contributed by atoms with van der Waals surface area (Å²) in [5.41, 5.74) is 16.5. The van der Waals surface area contributed by atoms with Gasteiger partial charge >= 0.3 is 5.97 Å². The lowest BCUT2D eigenvalue weighted by Gasteiger charge is -2.30. The van der Waals surface area contributed by atoms with Gasteiger partial charge in [0.2, 0.25) is 29.5 Å². The van der Waals surface area contributed by atoms with Gasteiger partial charge in [-0.05, 0) is 44.1 Å². The zero-order valence-corrected chi connectivity index (χ0v) is 23.8. The number of nitrogens with two attached hydrogens (primary N) is 3. The molecule has 0 unspecified atom stereocenters. The van der Waals surface area contributed by atoms with Crippen LogP contribution in [0.4, 0.5) is 0 Å². The first kappa shape index (κ1) is 36.7. The SMILES string of the molecule is CC[C@H](C)[C@H](NC(=O)[C@@H](NC(=O)[C@H](CCCCN)NC(=O)[C@@H](N)CCC(N)=O)C(C)C)C(=O)N[C@@H](CO)C(=O)O. The van der Waals surface area contributed by atoms with Gasteiger partial charge in [-0.25, -0.2) is 4.79 Å². The standard InChI is InChI=1S/C25H47N7O8/c1-5-14(4)20(24(38)30-17(12-33)25(39)40)32-23(37)19(13(2)3)31-22(36)16(8-6-7-11-26)29-21(35)15(27)9-10-18(28)34/h13-17,19-20,33H,5-12,26-27H2,1-4H3,(H2,28,34)(H,29,35)(H,30,38)(H,31,36)(H,32,37)(H,39,40)/t14-,15-,16-,17-,19-,20-/m0/s1. The monoisotopic (exact) mass is 573 g/mol. The van der Waals surface area contributed by atoms with Crippen LogP contribution in [0.1, 0.15) is 66.2 Å². The molecule has 230 valence electrons. The van der Waals surface area contributed by atoms with Crippen molar-refractivity contribution in [2.75, 3.05) is 13.2 Å². The third-order valence-corrected chi connectivity index (χ3v) is 6.46. The molecule has 0 aromatic carbocycles. The second-order valence-corrected chi connectivity index (χ2v) is 10.1. The quantitative estimate of drug-likeness (QED) is 0.0686. The van der Waals surface area contributed by atoms with Gasteiger partial charge in [-0.15, -0.1) is 0 Å². The molecule has 0 aromatic heterocycles. The van der Waals surface area contributed by atoms with Gasteiger partial charge in [0.05, 0.1) is 12.6 Å². The van der Waals surface area contributed by atoms with E-state index in [0.29, 0.717) is 25.8 Å². The predicted molar refractivity (Wildman–Crippen MR) is 146 cm³/mol. The molecule has 5 amide bonds. The van der Waals surface area contributed by atoms with Crippen LogP contribution in [0.15, 0.2) is 0 Å². The van der Waals surface area contributed by atoms with Crippen molar-refractivity contribution in [2.24, 2.45) is 29.0 Å². The Morgan fingerprint density at radius 2 is 1.32 bits per heavy atom. The Kier molecular flexibility index (Phi) is 17.3. The number of primary amides is 1. The summed E-state index contributed by atoms with van der Waals surface area (Å²) in [6.45, 7) is 6.36. The highest BCUT2D eigenvalue weighted by Gasteiger charge is 2.34. The molecular weight excluding hydrogens is 526 g/mol. The van der Waals surface area contributed by atoms with Crippen molar-refractivity contribution in [3.05, 3.63) is 0 Å². The molecule has 0 aromatic rings. The number of hydrogen-bond donors (Lipinski definition) is 9. The van der Waals surface area contributed by atoms with Crippen molar-refractivity contribution in [2.45, 2.75) is 96.4 Å². The number of nitrogens with one attached hydrogen (secondary N) is 4. The van der Waals surface area contributed by atoms with Crippen molar-refractivity contribution in [3.63, 3.8) is 0 Å². The molecule has 0 aliphatic rings. The molecule has 0 rings (SSSR count). The Morgan fingerprint density at radius 3 is 1.80 bits per heavy atom. The first-order valence-electron chi connectivity index (χ1n) is 13.5. The number of aliphatic carboxylic acids is 1. The molecule has 12 N–H and O–H groups in total. The summed E-state index contributed by atoms with van der Waals surface area (Å²) in [5.74, 6) is -5.71. The van der Waals surface area contributed by atoms with E-state index in [9.17, 15) is 33.9 Å². The number of hydrogen-bond acceptors (Lipinski definition) is 9. The number of unbranched alkanes of at least 4 members (excludes halogenated alkanes) is 1. The van der Waals surface area contributed by atoms with Gasteiger partial charge in [-0.1, -0.05) is 34.1 Å². The average Bonchev–Trinajstić information content (AvgIpc) is 2.89. The molecule has 40 heavy (non-hydrogen) atoms. The number of rotatable bonds is 20. The number of amides is 5. The van der Waals surface area contributed by atoms with Gasteiger partial charge in [0.15, 0.2) is 0 Å². The van der Waals surface area contributed by atoms with Crippen molar-refractivity contribution in [1.29, 1.82) is 0 Å². The molecule has 0 heterocycles. The van der Waals surface area contributed by atoms with E-state index in [2.05, 4.69) is 21.3 Å². The van der Waals surface area contributed by atoms with Gasteiger partial charge in [-0.3, -0.25) is 24.0 Å². The lowest BCUT2D eigenvalue weighted by atomic mass is 9.96. The third-order valence-electron chi connectivity index (χ3n) is 6.46. The minimum absolute atomic E-state index is 0.00653. The van der Waals surface area contributed by atoms with Crippen LogP contribution in [-0.4, -0.2) is 89.1 Å². The Hall–Kier alpha value is -3.30. The summed E-state index contributed by atoms with van der Waals surface area (Å²) in [4.78, 5) is 74.1. The number of carboxylic acid groups (broad SMARTS) is 1. The minimum Gasteiger partial charge on any atom is -0.480 e. The van der Waals surface area contributed by atoms with Crippen LogP contribution in [0, 0.1) is 11.8 Å². The normalized spacial score (nSPS) is 15.6. The summed E-state index contributed by atoms with van der Waals surface area (Å²) in [7, 11) is 0. The highest BCUT2D eigenvalue weighted by atomic mass is 16.4. The first-order valence-corrected chi connectivity index (χ1v) is 13.5. The predicted octanol–water partition coefficient (Wildman–Crippen LogP) is -2.57. The number of aliphatic hydroxyl groups excluding tert-OH is 1. The van der Waals surface area contributed by atoms with Crippen LogP contribution in [0.25, 0.3) is 0 Å². The second kappa shape index (κ2) is 18.9. The topological polar surface area (TPSA) is 269 Å². The lowest BCUT2D eigenvalue weighted by Crippen LogP contribution is -2.60. The van der Waals surface area contributed by atoms with Crippen LogP contribution >= 0.6 is 0 Å². The molecular formula is C25H47N7O8. The van der Waals surface area contributed by atoms with Gasteiger partial charge < -0.3 is 48.7 Å². The Morgan fingerprint density at radius 1 is 0.775 bits per heavy atom. The molecule has 15 heteroatoms. The second-order valence-electron chi connectivity index (χ2n) is 10.1. The maximum Gasteiger partial charge on any atom is 0.328 e. The fourth-order valence-corrected chi connectivity index (χ4v) is 3.65. The molecule has 0 aliphatic carbocycles. The number of carbonyl (C=O) groups is 6. The van der Waals surface area contributed by atoms with E-state index < -0.39 is 84.2 Å². The summed E-state index contributed by atoms with van der Waals surface area (Å²) < 4.78 is 0. The van der Waals surface area contributed by atoms with E-state index in [1.807, 2.05) is 0 Å². The lowest BCUT2D eigenvalue weighted by molar-refractivity contribution is -0.143. The van der Waals surface area contributed by atoms with Crippen LogP contribution in [0.5, 0.6) is 0 Å². The van der Waals surface area contributed by atoms with E-state index in [1.165, 1.54) is 0 Å². The van der Waals surface area contributed by atoms with Crippen molar-refractivity contribution in [3.8, 4) is 0 Å². The Balaban J connectivity index is 5.73. The van der Waals surface area contributed by atoms with E-state index in [0.717, 1.165) is 0 Å². The molecule has 0 spiro atoms. The highest BCUT2D eigenvalue weighted by Crippen LogP contribution is 2.12. The van der Waals surface area contributed by atoms with Crippen LogP contribution in [0.2, 0.25) is 0 Å². The molecule has 0 fully saturated rings. The molecule has 15 nitrogen and oxygen atoms in total. The van der Waals surface area contributed by atoms with Gasteiger partial charge in [0, 0.05) is 6.42 Å². The van der Waals surface area contributed by atoms with Crippen LogP contribution in [0.3, 0.4) is 0 Å². The summed E-state index contributed by atoms with van der Waals surface area (Å²) in [6.07, 6.45) is 1.63. The highest BCUT2D eigenvalue weighted by molar-refractivity contribution is 5.95. The van der Waals surface area contributed by atoms with E-state index in [4.69, 9.17) is 22.3 Å². The molecule has 0 saturated carbocycles. The summed E-state index contributed by atoms with van der Waals surface area (Å²) in [5, 5.41) is 28.4. The maximum atomic E-state index is 13.3. The Labute approximate surface area is 234 Å². The van der Waals surface area contributed by atoms with E-state index in [1.54, 1.807) is 27.7 Å². The number of carboxylic acids is 1. The van der Waals surface area contributed by atoms with Crippen molar-refractivity contribution < 1.29 is 39.0 Å². The van der Waals surface area contributed by atoms with Gasteiger partial charge in [0.25, 0.3) is 0 Å².